The molecule has 0 spiro atoms. The van der Waals surface area contributed by atoms with Gasteiger partial charge in [-0.15, -0.1) is 0 Å². The highest BCUT2D eigenvalue weighted by Gasteiger charge is 2.15. The van der Waals surface area contributed by atoms with Gasteiger partial charge < -0.3 is 5.32 Å². The van der Waals surface area contributed by atoms with Crippen molar-refractivity contribution in [2.24, 2.45) is 5.92 Å². The molecule has 0 unspecified atom stereocenters. The Morgan fingerprint density at radius 1 is 1.08 bits per heavy atom. The summed E-state index contributed by atoms with van der Waals surface area (Å²) in [7, 11) is -3.60. The molecule has 2 aromatic rings. The maximum atomic E-state index is 12.4. The summed E-state index contributed by atoms with van der Waals surface area (Å²) in [4.78, 5) is 4.50. The molecule has 1 heterocycles. The molecule has 2 rings (SSSR count). The van der Waals surface area contributed by atoms with E-state index in [0.29, 0.717) is 11.6 Å². The zero-order valence-electron chi connectivity index (χ0n) is 14.6. The van der Waals surface area contributed by atoms with Gasteiger partial charge in [0.2, 0.25) is 0 Å². The SMILES string of the molecule is Cc1ccc(S(=O)(=O)Nc2ccc(NCCC(C)C)nc2)cc1C. The van der Waals surface area contributed by atoms with Gasteiger partial charge in [0.1, 0.15) is 5.82 Å². The van der Waals surface area contributed by atoms with Crippen LogP contribution >= 0.6 is 0 Å². The third kappa shape index (κ3) is 4.96. The van der Waals surface area contributed by atoms with Crippen molar-refractivity contribution in [3.05, 3.63) is 47.7 Å². The van der Waals surface area contributed by atoms with Crippen molar-refractivity contribution in [1.29, 1.82) is 0 Å². The van der Waals surface area contributed by atoms with Gasteiger partial charge in [-0.1, -0.05) is 19.9 Å². The molecule has 0 radical (unpaired) electrons. The summed E-state index contributed by atoms with van der Waals surface area (Å²) in [5.41, 5.74) is 2.45. The Kier molecular flexibility index (Phi) is 5.83. The van der Waals surface area contributed by atoms with E-state index < -0.39 is 10.0 Å². The Morgan fingerprint density at radius 3 is 2.42 bits per heavy atom. The van der Waals surface area contributed by atoms with E-state index in [1.165, 1.54) is 6.20 Å². The van der Waals surface area contributed by atoms with Crippen molar-refractivity contribution in [1.82, 2.24) is 4.98 Å². The number of nitrogens with zero attached hydrogens (tertiary/aromatic N) is 1. The van der Waals surface area contributed by atoms with Crippen LogP contribution in [0.15, 0.2) is 41.4 Å². The summed E-state index contributed by atoms with van der Waals surface area (Å²) < 4.78 is 27.4. The predicted octanol–water partition coefficient (Wildman–Crippen LogP) is 3.96. The number of benzene rings is 1. The number of aryl methyl sites for hydroxylation is 2. The lowest BCUT2D eigenvalue weighted by atomic mass is 10.1. The maximum absolute atomic E-state index is 12.4. The topological polar surface area (TPSA) is 71.1 Å². The quantitative estimate of drug-likeness (QED) is 0.795. The van der Waals surface area contributed by atoms with Gasteiger partial charge in [-0.05, 0) is 61.6 Å². The van der Waals surface area contributed by atoms with E-state index in [2.05, 4.69) is 28.9 Å². The summed E-state index contributed by atoms with van der Waals surface area (Å²) in [5, 5.41) is 3.22. The Balaban J connectivity index is 2.05. The third-order valence-electron chi connectivity index (χ3n) is 3.83. The van der Waals surface area contributed by atoms with Gasteiger partial charge in [-0.2, -0.15) is 0 Å². The molecule has 0 atom stereocenters. The number of rotatable bonds is 7. The van der Waals surface area contributed by atoms with Crippen LogP contribution in [0.25, 0.3) is 0 Å². The molecule has 2 N–H and O–H groups in total. The summed E-state index contributed by atoms with van der Waals surface area (Å²) >= 11 is 0. The second-order valence-electron chi connectivity index (χ2n) is 6.39. The maximum Gasteiger partial charge on any atom is 0.261 e. The van der Waals surface area contributed by atoms with Crippen molar-refractivity contribution in [2.45, 2.75) is 39.0 Å². The van der Waals surface area contributed by atoms with Crippen molar-refractivity contribution >= 4 is 21.5 Å². The van der Waals surface area contributed by atoms with E-state index in [4.69, 9.17) is 0 Å². The Labute approximate surface area is 144 Å². The molecule has 0 saturated heterocycles. The molecule has 0 saturated carbocycles. The fraction of sp³-hybridized carbons (Fsp3) is 0.389. The molecule has 0 aliphatic carbocycles. The molecule has 0 amide bonds. The van der Waals surface area contributed by atoms with Gasteiger partial charge in [0, 0.05) is 6.54 Å². The number of sulfonamides is 1. The molecule has 0 fully saturated rings. The lowest BCUT2D eigenvalue weighted by molar-refractivity contribution is 0.601. The summed E-state index contributed by atoms with van der Waals surface area (Å²) in [6.07, 6.45) is 2.58. The number of hydrogen-bond donors (Lipinski definition) is 2. The fourth-order valence-electron chi connectivity index (χ4n) is 2.14. The number of aromatic nitrogens is 1. The van der Waals surface area contributed by atoms with Crippen LogP contribution in [0.5, 0.6) is 0 Å². The average Bonchev–Trinajstić information content (AvgIpc) is 2.51. The van der Waals surface area contributed by atoms with Crippen LogP contribution in [-0.4, -0.2) is 19.9 Å². The first kappa shape index (κ1) is 18.3. The molecule has 5 nitrogen and oxygen atoms in total. The van der Waals surface area contributed by atoms with Crippen molar-refractivity contribution in [2.75, 3.05) is 16.6 Å². The van der Waals surface area contributed by atoms with Crippen molar-refractivity contribution in [3.8, 4) is 0 Å². The normalized spacial score (nSPS) is 11.5. The van der Waals surface area contributed by atoms with Crippen LogP contribution < -0.4 is 10.0 Å². The van der Waals surface area contributed by atoms with E-state index in [-0.39, 0.29) is 4.90 Å². The monoisotopic (exact) mass is 347 g/mol. The minimum Gasteiger partial charge on any atom is -0.370 e. The van der Waals surface area contributed by atoms with Crippen LogP contribution in [0.3, 0.4) is 0 Å². The molecular weight excluding hydrogens is 322 g/mol. The number of anilines is 2. The largest absolute Gasteiger partial charge is 0.370 e. The highest BCUT2D eigenvalue weighted by molar-refractivity contribution is 7.92. The molecule has 24 heavy (non-hydrogen) atoms. The molecule has 0 aliphatic heterocycles. The Hall–Kier alpha value is -2.08. The molecule has 1 aromatic heterocycles. The van der Waals surface area contributed by atoms with Gasteiger partial charge in [-0.25, -0.2) is 13.4 Å². The summed E-state index contributed by atoms with van der Waals surface area (Å²) in [6, 6.07) is 8.58. The first-order chi connectivity index (χ1) is 11.3. The first-order valence-corrected chi connectivity index (χ1v) is 9.56. The van der Waals surface area contributed by atoms with Crippen LogP contribution in [0.4, 0.5) is 11.5 Å². The summed E-state index contributed by atoms with van der Waals surface area (Å²) in [5.74, 6) is 1.37. The Bertz CT molecular complexity index is 784. The number of hydrogen-bond acceptors (Lipinski definition) is 4. The van der Waals surface area contributed by atoms with Gasteiger partial charge >= 0.3 is 0 Å². The molecular formula is C18H25N3O2S. The van der Waals surface area contributed by atoms with Gasteiger partial charge in [0.15, 0.2) is 0 Å². The van der Waals surface area contributed by atoms with E-state index >= 15 is 0 Å². The molecule has 6 heteroatoms. The molecule has 1 aromatic carbocycles. The van der Waals surface area contributed by atoms with E-state index in [0.717, 1.165) is 29.9 Å². The van der Waals surface area contributed by atoms with Gasteiger partial charge in [-0.3, -0.25) is 4.72 Å². The lowest BCUT2D eigenvalue weighted by Gasteiger charge is -2.11. The highest BCUT2D eigenvalue weighted by Crippen LogP contribution is 2.19. The molecule has 0 bridgehead atoms. The minimum absolute atomic E-state index is 0.254. The number of pyridine rings is 1. The zero-order valence-corrected chi connectivity index (χ0v) is 15.4. The van der Waals surface area contributed by atoms with Crippen LogP contribution in [0.1, 0.15) is 31.4 Å². The third-order valence-corrected chi connectivity index (χ3v) is 5.21. The second-order valence-corrected chi connectivity index (χ2v) is 8.08. The van der Waals surface area contributed by atoms with E-state index in [1.807, 2.05) is 19.9 Å². The van der Waals surface area contributed by atoms with Gasteiger partial charge in [0.05, 0.1) is 16.8 Å². The van der Waals surface area contributed by atoms with E-state index in [9.17, 15) is 8.42 Å². The number of nitrogens with one attached hydrogen (secondary N) is 2. The smallest absolute Gasteiger partial charge is 0.261 e. The second kappa shape index (κ2) is 7.66. The minimum atomic E-state index is -3.60. The molecule has 0 aliphatic rings. The Morgan fingerprint density at radius 2 is 1.83 bits per heavy atom. The first-order valence-electron chi connectivity index (χ1n) is 8.08. The van der Waals surface area contributed by atoms with Crippen LogP contribution in [0.2, 0.25) is 0 Å². The predicted molar refractivity (Wildman–Crippen MR) is 98.9 cm³/mol. The highest BCUT2D eigenvalue weighted by atomic mass is 32.2. The average molecular weight is 347 g/mol. The zero-order chi connectivity index (χ0) is 17.7. The molecule has 130 valence electrons. The fourth-order valence-corrected chi connectivity index (χ4v) is 3.27. The lowest BCUT2D eigenvalue weighted by Crippen LogP contribution is -2.13. The van der Waals surface area contributed by atoms with Crippen molar-refractivity contribution < 1.29 is 8.42 Å². The van der Waals surface area contributed by atoms with E-state index in [1.54, 1.807) is 24.3 Å². The van der Waals surface area contributed by atoms with Crippen LogP contribution in [0, 0.1) is 19.8 Å². The van der Waals surface area contributed by atoms with Crippen LogP contribution in [-0.2, 0) is 10.0 Å². The van der Waals surface area contributed by atoms with Gasteiger partial charge in [0.25, 0.3) is 10.0 Å². The summed E-state index contributed by atoms with van der Waals surface area (Å²) in [6.45, 7) is 9.03. The van der Waals surface area contributed by atoms with Crippen molar-refractivity contribution in [3.63, 3.8) is 0 Å². The standard InChI is InChI=1S/C18H25N3O2S/c1-13(2)9-10-19-18-8-6-16(12-20-18)21-24(22,23)17-7-5-14(3)15(4)11-17/h5-8,11-13,21H,9-10H2,1-4H3,(H,19,20).